The molecule has 1 fully saturated rings. The Labute approximate surface area is 177 Å². The Kier molecular flexibility index (Phi) is 9.37. The Morgan fingerprint density at radius 3 is 2.21 bits per heavy atom. The summed E-state index contributed by atoms with van der Waals surface area (Å²) in [4.78, 5) is 7.75. The minimum atomic E-state index is 0.709. The zero-order chi connectivity index (χ0) is 19.6. The molecule has 3 rings (SSSR count). The second kappa shape index (κ2) is 12.0. The fraction of sp³-hybridized carbons (Fsp3) is 0.800. The van der Waals surface area contributed by atoms with E-state index in [-0.39, 0.29) is 0 Å². The number of aryl methyl sites for hydroxylation is 1. The molecule has 158 valence electrons. The van der Waals surface area contributed by atoms with Crippen LogP contribution in [0.25, 0.3) is 4.96 Å². The van der Waals surface area contributed by atoms with Gasteiger partial charge in [-0.25, -0.2) is 4.98 Å². The molecule has 1 saturated carbocycles. The summed E-state index contributed by atoms with van der Waals surface area (Å²) in [6.45, 7) is 4.59. The van der Waals surface area contributed by atoms with Crippen LogP contribution in [-0.2, 0) is 6.42 Å². The van der Waals surface area contributed by atoms with Crippen LogP contribution in [0.4, 0.5) is 0 Å². The first-order valence-electron chi connectivity index (χ1n) is 12.3. The van der Waals surface area contributed by atoms with Gasteiger partial charge in [-0.3, -0.25) is 4.40 Å². The maximum Gasteiger partial charge on any atom is 0.194 e. The average molecular weight is 403 g/mol. The Balaban J connectivity index is 1.39. The van der Waals surface area contributed by atoms with Crippen molar-refractivity contribution in [3.8, 4) is 0 Å². The highest BCUT2D eigenvalue weighted by atomic mass is 32.1. The van der Waals surface area contributed by atoms with Crippen LogP contribution in [0.3, 0.4) is 0 Å². The maximum atomic E-state index is 5.02. The van der Waals surface area contributed by atoms with Gasteiger partial charge < -0.3 is 0 Å². The van der Waals surface area contributed by atoms with Crippen molar-refractivity contribution >= 4 is 16.3 Å². The lowest BCUT2D eigenvalue weighted by Gasteiger charge is -2.27. The number of unbranched alkanes of at least 4 members (excludes halogenated alkanes) is 8. The van der Waals surface area contributed by atoms with E-state index in [9.17, 15) is 0 Å². The average Bonchev–Trinajstić information content (AvgIpc) is 3.27. The molecule has 0 saturated heterocycles. The maximum absolute atomic E-state index is 5.02. The van der Waals surface area contributed by atoms with E-state index in [0.29, 0.717) is 5.92 Å². The van der Waals surface area contributed by atoms with Gasteiger partial charge in [0.1, 0.15) is 0 Å². The number of fused-ring (bicyclic) bond motifs is 1. The zero-order valence-electron chi connectivity index (χ0n) is 18.4. The van der Waals surface area contributed by atoms with Crippen LogP contribution in [0.1, 0.15) is 127 Å². The predicted molar refractivity (Wildman–Crippen MR) is 124 cm³/mol. The van der Waals surface area contributed by atoms with Gasteiger partial charge in [0.2, 0.25) is 0 Å². The van der Waals surface area contributed by atoms with Crippen LogP contribution in [0, 0.1) is 5.92 Å². The molecule has 2 heterocycles. The number of nitrogens with zero attached hydrogens (tertiary/aromatic N) is 2. The van der Waals surface area contributed by atoms with Gasteiger partial charge in [-0.15, -0.1) is 11.3 Å². The van der Waals surface area contributed by atoms with Gasteiger partial charge in [0.25, 0.3) is 0 Å². The first-order chi connectivity index (χ1) is 13.8. The molecule has 0 unspecified atom stereocenters. The number of thiazole rings is 1. The minimum absolute atomic E-state index is 0.709. The third-order valence-electron chi connectivity index (χ3n) is 6.73. The standard InChI is InChI=1S/C25H42N2S/c1-3-5-7-9-11-13-21-15-17-22(18-16-21)24-20-27-19-23(28-25(27)26-24)14-12-10-8-6-4-2/h19-22H,3-18H2,1-2H3. The van der Waals surface area contributed by atoms with Gasteiger partial charge in [-0.1, -0.05) is 78.1 Å². The molecule has 1 aliphatic rings. The fourth-order valence-corrected chi connectivity index (χ4v) is 5.87. The molecule has 0 atom stereocenters. The van der Waals surface area contributed by atoms with Gasteiger partial charge in [0.05, 0.1) is 5.69 Å². The molecular weight excluding hydrogens is 360 g/mol. The van der Waals surface area contributed by atoms with Crippen LogP contribution in [0.15, 0.2) is 12.4 Å². The summed E-state index contributed by atoms with van der Waals surface area (Å²) in [6, 6.07) is 0. The van der Waals surface area contributed by atoms with E-state index in [4.69, 9.17) is 4.98 Å². The lowest BCUT2D eigenvalue weighted by Crippen LogP contribution is -2.13. The van der Waals surface area contributed by atoms with Gasteiger partial charge in [0, 0.05) is 23.2 Å². The summed E-state index contributed by atoms with van der Waals surface area (Å²) >= 11 is 1.92. The van der Waals surface area contributed by atoms with Crippen molar-refractivity contribution in [1.82, 2.24) is 9.38 Å². The van der Waals surface area contributed by atoms with E-state index in [1.54, 1.807) is 0 Å². The van der Waals surface area contributed by atoms with Crippen molar-refractivity contribution in [3.05, 3.63) is 23.0 Å². The summed E-state index contributed by atoms with van der Waals surface area (Å²) < 4.78 is 2.31. The molecule has 2 aromatic rings. The number of hydrogen-bond acceptors (Lipinski definition) is 2. The van der Waals surface area contributed by atoms with E-state index in [2.05, 4.69) is 30.6 Å². The summed E-state index contributed by atoms with van der Waals surface area (Å²) in [6.07, 6.45) is 26.9. The lowest BCUT2D eigenvalue weighted by molar-refractivity contribution is 0.299. The van der Waals surface area contributed by atoms with E-state index in [1.807, 2.05) is 11.3 Å². The zero-order valence-corrected chi connectivity index (χ0v) is 19.2. The van der Waals surface area contributed by atoms with Crippen molar-refractivity contribution in [1.29, 1.82) is 0 Å². The van der Waals surface area contributed by atoms with Crippen molar-refractivity contribution in [3.63, 3.8) is 0 Å². The Morgan fingerprint density at radius 2 is 1.54 bits per heavy atom. The molecule has 3 heteroatoms. The Bertz CT molecular complexity index is 632. The van der Waals surface area contributed by atoms with Gasteiger partial charge in [0.15, 0.2) is 4.96 Å². The smallest absolute Gasteiger partial charge is 0.194 e. The highest BCUT2D eigenvalue weighted by Crippen LogP contribution is 2.38. The predicted octanol–water partition coefficient (Wildman–Crippen LogP) is 8.54. The monoisotopic (exact) mass is 402 g/mol. The summed E-state index contributed by atoms with van der Waals surface area (Å²) in [5.41, 5.74) is 1.36. The molecule has 0 amide bonds. The molecule has 28 heavy (non-hydrogen) atoms. The minimum Gasteiger partial charge on any atom is -0.297 e. The van der Waals surface area contributed by atoms with Crippen molar-refractivity contribution in [2.75, 3.05) is 0 Å². The molecule has 0 aromatic carbocycles. The van der Waals surface area contributed by atoms with E-state index in [1.165, 1.54) is 118 Å². The molecular formula is C25H42N2S. The second-order valence-corrected chi connectivity index (χ2v) is 10.2. The van der Waals surface area contributed by atoms with E-state index in [0.717, 1.165) is 5.92 Å². The molecule has 2 nitrogen and oxygen atoms in total. The molecule has 0 bridgehead atoms. The van der Waals surface area contributed by atoms with Gasteiger partial charge >= 0.3 is 0 Å². The third-order valence-corrected chi connectivity index (χ3v) is 7.79. The third kappa shape index (κ3) is 6.61. The van der Waals surface area contributed by atoms with Crippen LogP contribution in [0.2, 0.25) is 0 Å². The quantitative estimate of drug-likeness (QED) is 0.307. The first kappa shape index (κ1) is 21.9. The molecule has 0 radical (unpaired) electrons. The van der Waals surface area contributed by atoms with Gasteiger partial charge in [-0.05, 0) is 44.4 Å². The molecule has 1 aliphatic carbocycles. The van der Waals surface area contributed by atoms with Crippen LogP contribution >= 0.6 is 11.3 Å². The SMILES string of the molecule is CCCCCCCc1cn2cc(C3CCC(CCCCCCC)CC3)nc2s1. The molecule has 0 N–H and O–H groups in total. The van der Waals surface area contributed by atoms with Crippen LogP contribution in [-0.4, -0.2) is 9.38 Å². The molecule has 0 aliphatic heterocycles. The Morgan fingerprint density at radius 1 is 0.857 bits per heavy atom. The van der Waals surface area contributed by atoms with E-state index < -0.39 is 0 Å². The first-order valence-corrected chi connectivity index (χ1v) is 13.1. The molecule has 2 aromatic heterocycles. The lowest BCUT2D eigenvalue weighted by atomic mass is 9.78. The summed E-state index contributed by atoms with van der Waals surface area (Å²) in [5, 5.41) is 0. The largest absolute Gasteiger partial charge is 0.297 e. The highest BCUT2D eigenvalue weighted by Gasteiger charge is 2.24. The number of imidazole rings is 1. The van der Waals surface area contributed by atoms with E-state index >= 15 is 0 Å². The number of aromatic nitrogens is 2. The topological polar surface area (TPSA) is 17.3 Å². The normalized spacial score (nSPS) is 20.2. The number of hydrogen-bond donors (Lipinski definition) is 0. The highest BCUT2D eigenvalue weighted by molar-refractivity contribution is 7.17. The number of rotatable bonds is 13. The van der Waals surface area contributed by atoms with Gasteiger partial charge in [-0.2, -0.15) is 0 Å². The Hall–Kier alpha value is -0.830. The summed E-state index contributed by atoms with van der Waals surface area (Å²) in [5.74, 6) is 1.70. The summed E-state index contributed by atoms with van der Waals surface area (Å²) in [7, 11) is 0. The fourth-order valence-electron chi connectivity index (χ4n) is 4.86. The van der Waals surface area contributed by atoms with Crippen molar-refractivity contribution < 1.29 is 0 Å². The molecule has 0 spiro atoms. The van der Waals surface area contributed by atoms with Crippen molar-refractivity contribution in [2.45, 2.75) is 122 Å². The van der Waals surface area contributed by atoms with Crippen LogP contribution in [0.5, 0.6) is 0 Å². The second-order valence-electron chi connectivity index (χ2n) is 9.14. The van der Waals surface area contributed by atoms with Crippen LogP contribution < -0.4 is 0 Å². The van der Waals surface area contributed by atoms with Crippen molar-refractivity contribution in [2.24, 2.45) is 5.92 Å².